The number of amides is 1. The third kappa shape index (κ3) is 2.35. The van der Waals surface area contributed by atoms with E-state index in [0.29, 0.717) is 24.4 Å². The van der Waals surface area contributed by atoms with E-state index in [2.05, 4.69) is 9.89 Å². The van der Waals surface area contributed by atoms with Crippen LogP contribution < -0.4 is 4.74 Å². The van der Waals surface area contributed by atoms with Crippen molar-refractivity contribution in [3.63, 3.8) is 0 Å². The van der Waals surface area contributed by atoms with Crippen molar-refractivity contribution in [3.8, 4) is 5.75 Å². The van der Waals surface area contributed by atoms with Crippen molar-refractivity contribution in [3.05, 3.63) is 29.8 Å². The number of benzene rings is 1. The van der Waals surface area contributed by atoms with Crippen LogP contribution in [-0.4, -0.2) is 55.0 Å². The Hall–Kier alpha value is -2.04. The normalized spacial score (nSPS) is 18.4. The molecule has 1 amide bonds. The van der Waals surface area contributed by atoms with Crippen LogP contribution in [0, 0.1) is 0 Å². The number of aliphatic imine (C=N–C) groups is 1. The van der Waals surface area contributed by atoms with Gasteiger partial charge in [-0.25, -0.2) is 0 Å². The summed E-state index contributed by atoms with van der Waals surface area (Å²) in [6, 6.07) is 7.29. The number of hydrogen-bond acceptors (Lipinski definition) is 4. The molecule has 0 aromatic heterocycles. The van der Waals surface area contributed by atoms with E-state index in [4.69, 9.17) is 4.74 Å². The van der Waals surface area contributed by atoms with E-state index in [1.54, 1.807) is 18.1 Å². The summed E-state index contributed by atoms with van der Waals surface area (Å²) in [4.78, 5) is 21.2. The maximum Gasteiger partial charge on any atom is 0.260 e. The number of hydrogen-bond donors (Lipinski definition) is 0. The highest BCUT2D eigenvalue weighted by Crippen LogP contribution is 2.19. The molecule has 5 nitrogen and oxygen atoms in total. The molecule has 1 aromatic rings. The average Bonchev–Trinajstić information content (AvgIpc) is 3.16. The van der Waals surface area contributed by atoms with Crippen LogP contribution >= 0.6 is 0 Å². The smallest absolute Gasteiger partial charge is 0.260 e. The fraction of sp³-hybridized carbons (Fsp3) is 0.467. The number of rotatable bonds is 2. The summed E-state index contributed by atoms with van der Waals surface area (Å²) < 4.78 is 5.18. The van der Waals surface area contributed by atoms with Gasteiger partial charge in [0.25, 0.3) is 5.91 Å². The van der Waals surface area contributed by atoms with Gasteiger partial charge in [0.15, 0.2) is 0 Å². The van der Waals surface area contributed by atoms with Crippen LogP contribution in [0.4, 0.5) is 0 Å². The van der Waals surface area contributed by atoms with E-state index in [1.165, 1.54) is 12.8 Å². The van der Waals surface area contributed by atoms with E-state index < -0.39 is 0 Å². The largest absolute Gasteiger partial charge is 0.497 e. The fourth-order valence-electron chi connectivity index (χ4n) is 2.73. The fourth-order valence-corrected chi connectivity index (χ4v) is 2.73. The molecule has 20 heavy (non-hydrogen) atoms. The van der Waals surface area contributed by atoms with E-state index >= 15 is 0 Å². The molecule has 106 valence electrons. The summed E-state index contributed by atoms with van der Waals surface area (Å²) in [6.45, 7) is 3.37. The molecule has 0 atom stereocenters. The molecule has 0 saturated carbocycles. The van der Waals surface area contributed by atoms with Gasteiger partial charge in [-0.2, -0.15) is 0 Å². The molecule has 2 heterocycles. The second-order valence-electron chi connectivity index (χ2n) is 5.06. The first-order valence-corrected chi connectivity index (χ1v) is 7.05. The number of methoxy groups -OCH3 is 1. The Balaban J connectivity index is 1.80. The highest BCUT2D eigenvalue weighted by atomic mass is 16.5. The molecule has 0 spiro atoms. The minimum atomic E-state index is 0.00653. The topological polar surface area (TPSA) is 45.1 Å². The molecular weight excluding hydrogens is 254 g/mol. The predicted molar refractivity (Wildman–Crippen MR) is 77.1 cm³/mol. The number of carbonyl (C=O) groups is 1. The van der Waals surface area contributed by atoms with Crippen LogP contribution in [0.25, 0.3) is 0 Å². The van der Waals surface area contributed by atoms with Crippen LogP contribution in [0.2, 0.25) is 0 Å². The zero-order valence-electron chi connectivity index (χ0n) is 11.7. The van der Waals surface area contributed by atoms with Gasteiger partial charge in [-0.15, -0.1) is 0 Å². The number of guanidine groups is 1. The zero-order chi connectivity index (χ0) is 13.9. The van der Waals surface area contributed by atoms with Crippen molar-refractivity contribution in [2.24, 2.45) is 4.99 Å². The minimum absolute atomic E-state index is 0.00653. The van der Waals surface area contributed by atoms with Crippen LogP contribution in [0.5, 0.6) is 5.75 Å². The standard InChI is InChI=1S/C15H19N3O2/c1-20-13-6-4-5-12(11-13)14(19)18-10-7-16-15(18)17-8-2-3-9-17/h4-6,11H,2-3,7-10H2,1H3. The Morgan fingerprint density at radius 2 is 2.05 bits per heavy atom. The van der Waals surface area contributed by atoms with Gasteiger partial charge in [-0.1, -0.05) is 6.07 Å². The van der Waals surface area contributed by atoms with Gasteiger partial charge in [-0.3, -0.25) is 14.7 Å². The SMILES string of the molecule is COc1cccc(C(=O)N2CCN=C2N2CCCC2)c1. The first-order chi connectivity index (χ1) is 9.79. The Labute approximate surface area is 118 Å². The highest BCUT2D eigenvalue weighted by Gasteiger charge is 2.30. The Kier molecular flexibility index (Phi) is 3.58. The van der Waals surface area contributed by atoms with Gasteiger partial charge >= 0.3 is 0 Å². The Morgan fingerprint density at radius 3 is 2.80 bits per heavy atom. The first-order valence-electron chi connectivity index (χ1n) is 7.05. The van der Waals surface area contributed by atoms with Crippen molar-refractivity contribution < 1.29 is 9.53 Å². The Morgan fingerprint density at radius 1 is 1.25 bits per heavy atom. The van der Waals surface area contributed by atoms with E-state index in [0.717, 1.165) is 19.0 Å². The van der Waals surface area contributed by atoms with Gasteiger partial charge in [0.2, 0.25) is 5.96 Å². The lowest BCUT2D eigenvalue weighted by atomic mass is 10.2. The van der Waals surface area contributed by atoms with Crippen LogP contribution in [0.1, 0.15) is 23.2 Å². The van der Waals surface area contributed by atoms with Gasteiger partial charge in [0.05, 0.1) is 13.7 Å². The molecule has 0 aliphatic carbocycles. The van der Waals surface area contributed by atoms with E-state index in [9.17, 15) is 4.79 Å². The van der Waals surface area contributed by atoms with Crippen LogP contribution in [0.15, 0.2) is 29.3 Å². The van der Waals surface area contributed by atoms with Gasteiger partial charge in [-0.05, 0) is 31.0 Å². The maximum atomic E-state index is 12.6. The lowest BCUT2D eigenvalue weighted by Crippen LogP contribution is -2.43. The molecule has 0 N–H and O–H groups in total. The minimum Gasteiger partial charge on any atom is -0.497 e. The van der Waals surface area contributed by atoms with E-state index in [1.807, 2.05) is 18.2 Å². The Bertz CT molecular complexity index is 536. The second-order valence-corrected chi connectivity index (χ2v) is 5.06. The molecule has 1 fully saturated rings. The van der Waals surface area contributed by atoms with Crippen molar-refractivity contribution >= 4 is 11.9 Å². The molecular formula is C15H19N3O2. The molecule has 0 unspecified atom stereocenters. The highest BCUT2D eigenvalue weighted by molar-refractivity contribution is 6.06. The number of nitrogens with zero attached hydrogens (tertiary/aromatic N) is 3. The number of ether oxygens (including phenoxy) is 1. The van der Waals surface area contributed by atoms with Crippen molar-refractivity contribution in [1.29, 1.82) is 0 Å². The third-order valence-corrected chi connectivity index (χ3v) is 3.77. The van der Waals surface area contributed by atoms with Crippen LogP contribution in [-0.2, 0) is 0 Å². The van der Waals surface area contributed by atoms with Crippen molar-refractivity contribution in [1.82, 2.24) is 9.80 Å². The van der Waals surface area contributed by atoms with Gasteiger partial charge in [0.1, 0.15) is 5.75 Å². The molecule has 0 bridgehead atoms. The molecule has 2 aliphatic rings. The first kappa shape index (κ1) is 13.0. The summed E-state index contributed by atoms with van der Waals surface area (Å²) in [7, 11) is 1.61. The van der Waals surface area contributed by atoms with Crippen molar-refractivity contribution in [2.75, 3.05) is 33.3 Å². The molecule has 2 aliphatic heterocycles. The summed E-state index contributed by atoms with van der Waals surface area (Å²) in [5.41, 5.74) is 0.651. The van der Waals surface area contributed by atoms with Gasteiger partial charge in [0, 0.05) is 25.2 Å². The zero-order valence-corrected chi connectivity index (χ0v) is 11.7. The molecule has 1 aromatic carbocycles. The van der Waals surface area contributed by atoms with E-state index in [-0.39, 0.29) is 5.91 Å². The third-order valence-electron chi connectivity index (χ3n) is 3.77. The molecule has 5 heteroatoms. The predicted octanol–water partition coefficient (Wildman–Crippen LogP) is 1.60. The maximum absolute atomic E-state index is 12.6. The summed E-state index contributed by atoms with van der Waals surface area (Å²) >= 11 is 0. The van der Waals surface area contributed by atoms with Crippen molar-refractivity contribution in [2.45, 2.75) is 12.8 Å². The average molecular weight is 273 g/mol. The molecule has 3 rings (SSSR count). The number of carbonyl (C=O) groups excluding carboxylic acids is 1. The monoisotopic (exact) mass is 273 g/mol. The summed E-state index contributed by atoms with van der Waals surface area (Å²) in [5, 5.41) is 0. The lowest BCUT2D eigenvalue weighted by Gasteiger charge is -2.26. The van der Waals surface area contributed by atoms with Crippen LogP contribution in [0.3, 0.4) is 0 Å². The summed E-state index contributed by atoms with van der Waals surface area (Å²) in [6.07, 6.45) is 2.36. The quantitative estimate of drug-likeness (QED) is 0.822. The second kappa shape index (κ2) is 5.53. The molecule has 0 radical (unpaired) electrons. The molecule has 1 saturated heterocycles. The summed E-state index contributed by atoms with van der Waals surface area (Å²) in [5.74, 6) is 1.55. The number of likely N-dealkylation sites (tertiary alicyclic amines) is 1. The lowest BCUT2D eigenvalue weighted by molar-refractivity contribution is 0.0845. The van der Waals surface area contributed by atoms with Gasteiger partial charge < -0.3 is 9.64 Å².